The number of hydrogen-bond donors (Lipinski definition) is 3. The number of hydrazine groups is 1. The Labute approximate surface area is 155 Å². The lowest BCUT2D eigenvalue weighted by molar-refractivity contribution is 0.0531. The molecule has 1 aliphatic carbocycles. The largest absolute Gasteiger partial charge is 0.462 e. The molecule has 8 nitrogen and oxygen atoms in total. The number of amides is 2. The van der Waals surface area contributed by atoms with Gasteiger partial charge in [-0.05, 0) is 32.3 Å². The number of rotatable bonds is 5. The van der Waals surface area contributed by atoms with E-state index in [4.69, 9.17) is 4.74 Å². The van der Waals surface area contributed by atoms with Crippen LogP contribution in [0, 0.1) is 6.92 Å². The molecular formula is C17H23N5O3S. The van der Waals surface area contributed by atoms with Crippen molar-refractivity contribution in [3.05, 3.63) is 16.8 Å². The molecule has 0 unspecified atom stereocenters. The molecule has 0 spiro atoms. The normalized spacial score (nSPS) is 14.8. The summed E-state index contributed by atoms with van der Waals surface area (Å²) < 4.78 is 5.08. The fourth-order valence-corrected chi connectivity index (χ4v) is 4.18. The van der Waals surface area contributed by atoms with Crippen LogP contribution in [-0.4, -0.2) is 34.6 Å². The molecule has 1 fully saturated rings. The first-order valence-electron chi connectivity index (χ1n) is 8.84. The second-order valence-electron chi connectivity index (χ2n) is 6.24. The van der Waals surface area contributed by atoms with Gasteiger partial charge >= 0.3 is 12.0 Å². The zero-order valence-electron chi connectivity index (χ0n) is 14.9. The number of urea groups is 1. The zero-order chi connectivity index (χ0) is 18.5. The van der Waals surface area contributed by atoms with E-state index in [1.807, 2.05) is 6.92 Å². The van der Waals surface area contributed by atoms with Crippen molar-refractivity contribution in [3.63, 3.8) is 0 Å². The number of carbonyl (C=O) groups is 2. The molecular weight excluding hydrogens is 354 g/mol. The molecule has 2 amide bonds. The number of nitrogens with one attached hydrogen (secondary N) is 3. The minimum absolute atomic E-state index is 0.217. The summed E-state index contributed by atoms with van der Waals surface area (Å²) >= 11 is 1.25. The van der Waals surface area contributed by atoms with Crippen LogP contribution in [-0.2, 0) is 4.74 Å². The van der Waals surface area contributed by atoms with E-state index in [0.29, 0.717) is 27.5 Å². The first-order valence-corrected chi connectivity index (χ1v) is 9.65. The van der Waals surface area contributed by atoms with Gasteiger partial charge in [0.1, 0.15) is 16.0 Å². The number of carbonyl (C=O) groups excluding carboxylic acids is 2. The Hall–Kier alpha value is -2.42. The first kappa shape index (κ1) is 18.4. The highest BCUT2D eigenvalue weighted by Crippen LogP contribution is 2.33. The number of anilines is 1. The summed E-state index contributed by atoms with van der Waals surface area (Å²) in [5.41, 5.74) is 6.21. The maximum absolute atomic E-state index is 12.1. The Bertz CT molecular complexity index is 801. The van der Waals surface area contributed by atoms with Crippen molar-refractivity contribution in [2.75, 3.05) is 12.0 Å². The van der Waals surface area contributed by atoms with Crippen molar-refractivity contribution >= 4 is 39.4 Å². The average molecular weight is 377 g/mol. The lowest BCUT2D eigenvalue weighted by Gasteiger charge is -2.23. The Kier molecular flexibility index (Phi) is 5.87. The van der Waals surface area contributed by atoms with E-state index in [0.717, 1.165) is 31.2 Å². The molecule has 2 aromatic heterocycles. The lowest BCUT2D eigenvalue weighted by Crippen LogP contribution is -2.45. The number of hydrogen-bond acceptors (Lipinski definition) is 7. The standard InChI is InChI=1S/C17H23N5O3S/c1-3-25-16(23)13-10(2)12-14(18-9-19-15(12)26-13)21-22-17(24)20-11-7-5-4-6-8-11/h9,11H,3-8H2,1-2H3,(H,18,19,21)(H2,20,22,24). The third kappa shape index (κ3) is 4.04. The second kappa shape index (κ2) is 8.31. The number of esters is 1. The highest BCUT2D eigenvalue weighted by molar-refractivity contribution is 7.20. The summed E-state index contributed by atoms with van der Waals surface area (Å²) in [5, 5.41) is 3.67. The van der Waals surface area contributed by atoms with Gasteiger partial charge in [0, 0.05) is 6.04 Å². The maximum Gasteiger partial charge on any atom is 0.348 e. The average Bonchev–Trinajstić information content (AvgIpc) is 2.99. The molecule has 3 rings (SSSR count). The molecule has 9 heteroatoms. The van der Waals surface area contributed by atoms with Gasteiger partial charge in [-0.15, -0.1) is 11.3 Å². The number of ether oxygens (including phenoxy) is 1. The smallest absolute Gasteiger partial charge is 0.348 e. The van der Waals surface area contributed by atoms with Gasteiger partial charge in [0.2, 0.25) is 0 Å². The van der Waals surface area contributed by atoms with E-state index in [1.54, 1.807) is 6.92 Å². The summed E-state index contributed by atoms with van der Waals surface area (Å²) in [4.78, 5) is 33.8. The summed E-state index contributed by atoms with van der Waals surface area (Å²) in [6.45, 7) is 3.90. The SMILES string of the molecule is CCOC(=O)c1sc2ncnc(NNC(=O)NC3CCCCC3)c2c1C. The number of aryl methyl sites for hydroxylation is 1. The molecule has 0 bridgehead atoms. The molecule has 0 atom stereocenters. The van der Waals surface area contributed by atoms with Crippen LogP contribution in [0.15, 0.2) is 6.33 Å². The highest BCUT2D eigenvalue weighted by atomic mass is 32.1. The van der Waals surface area contributed by atoms with Crippen LogP contribution in [0.25, 0.3) is 10.2 Å². The van der Waals surface area contributed by atoms with Gasteiger partial charge in [-0.3, -0.25) is 10.9 Å². The van der Waals surface area contributed by atoms with Gasteiger partial charge in [-0.1, -0.05) is 19.3 Å². The Balaban J connectivity index is 1.71. The molecule has 0 aliphatic heterocycles. The predicted molar refractivity (Wildman–Crippen MR) is 100 cm³/mol. The second-order valence-corrected chi connectivity index (χ2v) is 7.24. The summed E-state index contributed by atoms with van der Waals surface area (Å²) in [6, 6.07) is -0.0728. The van der Waals surface area contributed by atoms with Gasteiger partial charge in [-0.2, -0.15) is 0 Å². The van der Waals surface area contributed by atoms with Gasteiger partial charge in [0.05, 0.1) is 12.0 Å². The van der Waals surface area contributed by atoms with Crippen LogP contribution >= 0.6 is 11.3 Å². The van der Waals surface area contributed by atoms with Crippen LogP contribution in [0.2, 0.25) is 0 Å². The van der Waals surface area contributed by atoms with E-state index in [1.165, 1.54) is 24.1 Å². The van der Waals surface area contributed by atoms with Crippen LogP contribution in [0.3, 0.4) is 0 Å². The zero-order valence-corrected chi connectivity index (χ0v) is 15.7. The quantitative estimate of drug-likeness (QED) is 0.546. The molecule has 26 heavy (non-hydrogen) atoms. The number of fused-ring (bicyclic) bond motifs is 1. The molecule has 0 saturated heterocycles. The molecule has 1 aliphatic rings. The number of thiophene rings is 1. The summed E-state index contributed by atoms with van der Waals surface area (Å²) in [7, 11) is 0. The van der Waals surface area contributed by atoms with Gasteiger partial charge in [0.25, 0.3) is 0 Å². The summed E-state index contributed by atoms with van der Waals surface area (Å²) in [5.74, 6) is 0.0834. The molecule has 3 N–H and O–H groups in total. The van der Waals surface area contributed by atoms with Gasteiger partial charge in [0.15, 0.2) is 5.82 Å². The molecule has 140 valence electrons. The fraction of sp³-hybridized carbons (Fsp3) is 0.529. The van der Waals surface area contributed by atoms with E-state index < -0.39 is 0 Å². The predicted octanol–water partition coefficient (Wildman–Crippen LogP) is 3.14. The van der Waals surface area contributed by atoms with Crippen molar-refractivity contribution in [1.29, 1.82) is 0 Å². The van der Waals surface area contributed by atoms with Crippen molar-refractivity contribution in [2.45, 2.75) is 52.0 Å². The van der Waals surface area contributed by atoms with Crippen LogP contribution in [0.5, 0.6) is 0 Å². The minimum atomic E-state index is -0.373. The van der Waals surface area contributed by atoms with Crippen LogP contribution < -0.4 is 16.2 Å². The van der Waals surface area contributed by atoms with Crippen LogP contribution in [0.4, 0.5) is 10.6 Å². The van der Waals surface area contributed by atoms with Gasteiger partial charge in [-0.25, -0.2) is 19.6 Å². The van der Waals surface area contributed by atoms with Crippen molar-refractivity contribution in [2.24, 2.45) is 0 Å². The van der Waals surface area contributed by atoms with E-state index >= 15 is 0 Å². The van der Waals surface area contributed by atoms with Crippen molar-refractivity contribution in [1.82, 2.24) is 20.7 Å². The highest BCUT2D eigenvalue weighted by Gasteiger charge is 2.21. The van der Waals surface area contributed by atoms with Crippen molar-refractivity contribution < 1.29 is 14.3 Å². The third-order valence-electron chi connectivity index (χ3n) is 4.42. The molecule has 0 radical (unpaired) electrons. The Morgan fingerprint density at radius 3 is 2.77 bits per heavy atom. The van der Waals surface area contributed by atoms with E-state index in [-0.39, 0.29) is 18.0 Å². The summed E-state index contributed by atoms with van der Waals surface area (Å²) in [6.07, 6.45) is 6.95. The fourth-order valence-electron chi connectivity index (χ4n) is 3.14. The topological polar surface area (TPSA) is 105 Å². The van der Waals surface area contributed by atoms with Crippen LogP contribution in [0.1, 0.15) is 54.3 Å². The Morgan fingerprint density at radius 2 is 2.04 bits per heavy atom. The molecule has 2 aromatic rings. The van der Waals surface area contributed by atoms with E-state index in [9.17, 15) is 9.59 Å². The Morgan fingerprint density at radius 1 is 1.27 bits per heavy atom. The first-order chi connectivity index (χ1) is 12.6. The molecule has 1 saturated carbocycles. The monoisotopic (exact) mass is 377 g/mol. The third-order valence-corrected chi connectivity index (χ3v) is 5.60. The number of nitrogens with zero attached hydrogens (tertiary/aromatic N) is 2. The molecule has 2 heterocycles. The van der Waals surface area contributed by atoms with Gasteiger partial charge < -0.3 is 10.1 Å². The van der Waals surface area contributed by atoms with E-state index in [2.05, 4.69) is 26.1 Å². The number of aromatic nitrogens is 2. The maximum atomic E-state index is 12.1. The lowest BCUT2D eigenvalue weighted by atomic mass is 9.96. The molecule has 0 aromatic carbocycles. The van der Waals surface area contributed by atoms with Crippen molar-refractivity contribution in [3.8, 4) is 0 Å². The minimum Gasteiger partial charge on any atom is -0.462 e.